The van der Waals surface area contributed by atoms with Crippen molar-refractivity contribution < 1.29 is 14.6 Å². The SMILES string of the molecule is COC(=O)c1cc(C=Cc2cc(O)c3ccc(Cl)cc3c2)n(C)n1. The highest BCUT2D eigenvalue weighted by atomic mass is 35.5. The molecule has 2 aromatic carbocycles. The van der Waals surface area contributed by atoms with Gasteiger partial charge in [0.2, 0.25) is 0 Å². The molecule has 122 valence electrons. The molecule has 5 nitrogen and oxygen atoms in total. The van der Waals surface area contributed by atoms with Crippen LogP contribution >= 0.6 is 11.6 Å². The number of rotatable bonds is 3. The highest BCUT2D eigenvalue weighted by Gasteiger charge is 2.11. The van der Waals surface area contributed by atoms with Crippen molar-refractivity contribution in [3.8, 4) is 5.75 Å². The molecule has 3 rings (SSSR count). The second-order valence-electron chi connectivity index (χ2n) is 5.31. The van der Waals surface area contributed by atoms with Crippen molar-refractivity contribution in [3.63, 3.8) is 0 Å². The Morgan fingerprint density at radius 1 is 1.25 bits per heavy atom. The van der Waals surface area contributed by atoms with E-state index in [1.54, 1.807) is 42.1 Å². The molecule has 0 atom stereocenters. The number of benzene rings is 2. The fraction of sp³-hybridized carbons (Fsp3) is 0.111. The molecule has 3 aromatic rings. The molecule has 0 spiro atoms. The van der Waals surface area contributed by atoms with E-state index in [0.717, 1.165) is 22.0 Å². The zero-order chi connectivity index (χ0) is 17.3. The molecule has 0 saturated heterocycles. The Morgan fingerprint density at radius 3 is 2.79 bits per heavy atom. The van der Waals surface area contributed by atoms with Crippen LogP contribution in [-0.4, -0.2) is 28.0 Å². The first-order valence-electron chi connectivity index (χ1n) is 7.20. The van der Waals surface area contributed by atoms with Gasteiger partial charge in [-0.25, -0.2) is 4.79 Å². The van der Waals surface area contributed by atoms with E-state index in [0.29, 0.717) is 5.02 Å². The normalized spacial score (nSPS) is 11.3. The molecule has 0 radical (unpaired) electrons. The van der Waals surface area contributed by atoms with Crippen molar-refractivity contribution in [1.82, 2.24) is 9.78 Å². The van der Waals surface area contributed by atoms with Gasteiger partial charge < -0.3 is 9.84 Å². The molecule has 0 unspecified atom stereocenters. The zero-order valence-electron chi connectivity index (χ0n) is 13.2. The van der Waals surface area contributed by atoms with Crippen molar-refractivity contribution >= 4 is 40.5 Å². The average molecular weight is 343 g/mol. The van der Waals surface area contributed by atoms with E-state index >= 15 is 0 Å². The van der Waals surface area contributed by atoms with Crippen LogP contribution in [0.3, 0.4) is 0 Å². The Morgan fingerprint density at radius 2 is 2.04 bits per heavy atom. The van der Waals surface area contributed by atoms with Crippen molar-refractivity contribution in [2.24, 2.45) is 7.05 Å². The molecule has 0 amide bonds. The minimum atomic E-state index is -0.483. The van der Waals surface area contributed by atoms with Gasteiger partial charge in [0, 0.05) is 17.5 Å². The summed E-state index contributed by atoms with van der Waals surface area (Å²) in [6, 6.07) is 10.6. The first-order chi connectivity index (χ1) is 11.5. The van der Waals surface area contributed by atoms with Gasteiger partial charge in [-0.1, -0.05) is 17.7 Å². The van der Waals surface area contributed by atoms with Crippen LogP contribution in [-0.2, 0) is 11.8 Å². The van der Waals surface area contributed by atoms with Crippen LogP contribution in [0, 0.1) is 0 Å². The van der Waals surface area contributed by atoms with Gasteiger partial charge in [-0.15, -0.1) is 0 Å². The quantitative estimate of drug-likeness (QED) is 0.733. The molecule has 0 aliphatic carbocycles. The summed E-state index contributed by atoms with van der Waals surface area (Å²) < 4.78 is 6.24. The predicted molar refractivity (Wildman–Crippen MR) is 94.1 cm³/mol. The first-order valence-corrected chi connectivity index (χ1v) is 7.58. The third kappa shape index (κ3) is 3.12. The number of methoxy groups -OCH3 is 1. The molecule has 1 aromatic heterocycles. The van der Waals surface area contributed by atoms with Crippen LogP contribution in [0.4, 0.5) is 0 Å². The van der Waals surface area contributed by atoms with Gasteiger partial charge in [0.15, 0.2) is 5.69 Å². The molecular weight excluding hydrogens is 328 g/mol. The third-order valence-corrected chi connectivity index (χ3v) is 3.91. The molecule has 24 heavy (non-hydrogen) atoms. The summed E-state index contributed by atoms with van der Waals surface area (Å²) in [6.45, 7) is 0. The smallest absolute Gasteiger partial charge is 0.358 e. The monoisotopic (exact) mass is 342 g/mol. The predicted octanol–water partition coefficient (Wildman–Crippen LogP) is 3.89. The molecule has 0 aliphatic rings. The van der Waals surface area contributed by atoms with Crippen molar-refractivity contribution in [1.29, 1.82) is 0 Å². The summed E-state index contributed by atoms with van der Waals surface area (Å²) >= 11 is 6.01. The van der Waals surface area contributed by atoms with Crippen LogP contribution in [0.2, 0.25) is 5.02 Å². The lowest BCUT2D eigenvalue weighted by Gasteiger charge is -2.04. The molecule has 0 bridgehead atoms. The van der Waals surface area contributed by atoms with Gasteiger partial charge in [-0.2, -0.15) is 5.10 Å². The van der Waals surface area contributed by atoms with Gasteiger partial charge in [0.05, 0.1) is 12.8 Å². The standard InChI is InChI=1S/C18H15ClN2O3/c1-21-14(10-16(20-21)18(23)24-2)5-3-11-7-12-9-13(19)4-6-15(12)17(22)8-11/h3-10,22H,1-2H3. The van der Waals surface area contributed by atoms with Crippen molar-refractivity contribution in [2.45, 2.75) is 0 Å². The molecule has 0 fully saturated rings. The number of nitrogens with zero attached hydrogens (tertiary/aromatic N) is 2. The fourth-order valence-electron chi connectivity index (χ4n) is 2.46. The summed E-state index contributed by atoms with van der Waals surface area (Å²) in [6.07, 6.45) is 3.64. The first kappa shape index (κ1) is 16.1. The number of aromatic hydroxyl groups is 1. The van der Waals surface area contributed by atoms with Gasteiger partial charge >= 0.3 is 5.97 Å². The van der Waals surface area contributed by atoms with E-state index in [9.17, 15) is 9.90 Å². The Hall–Kier alpha value is -2.79. The zero-order valence-corrected chi connectivity index (χ0v) is 13.9. The lowest BCUT2D eigenvalue weighted by molar-refractivity contribution is 0.0593. The molecule has 1 heterocycles. The number of aryl methyl sites for hydroxylation is 1. The molecule has 0 saturated carbocycles. The van der Waals surface area contributed by atoms with Gasteiger partial charge in [0.25, 0.3) is 0 Å². The maximum atomic E-state index is 11.5. The van der Waals surface area contributed by atoms with Gasteiger partial charge in [-0.3, -0.25) is 4.68 Å². The van der Waals surface area contributed by atoms with E-state index in [-0.39, 0.29) is 11.4 Å². The summed E-state index contributed by atoms with van der Waals surface area (Å²) in [4.78, 5) is 11.5. The number of esters is 1. The number of carbonyl (C=O) groups excluding carboxylic acids is 1. The number of hydrogen-bond acceptors (Lipinski definition) is 4. The van der Waals surface area contributed by atoms with E-state index in [2.05, 4.69) is 9.84 Å². The number of carbonyl (C=O) groups is 1. The summed E-state index contributed by atoms with van der Waals surface area (Å²) in [5.41, 5.74) is 1.79. The van der Waals surface area contributed by atoms with E-state index in [1.807, 2.05) is 18.2 Å². The van der Waals surface area contributed by atoms with E-state index < -0.39 is 5.97 Å². The largest absolute Gasteiger partial charge is 0.507 e. The minimum Gasteiger partial charge on any atom is -0.507 e. The Bertz CT molecular complexity index is 960. The summed E-state index contributed by atoms with van der Waals surface area (Å²) in [7, 11) is 3.05. The van der Waals surface area contributed by atoms with Crippen molar-refractivity contribution in [2.75, 3.05) is 7.11 Å². The van der Waals surface area contributed by atoms with Crippen LogP contribution in [0.5, 0.6) is 5.75 Å². The summed E-state index contributed by atoms with van der Waals surface area (Å²) in [5.74, 6) is -0.299. The van der Waals surface area contributed by atoms with Crippen LogP contribution in [0.25, 0.3) is 22.9 Å². The Labute approximate surface area is 143 Å². The molecule has 0 aliphatic heterocycles. The van der Waals surface area contributed by atoms with Crippen LogP contribution in [0.15, 0.2) is 36.4 Å². The summed E-state index contributed by atoms with van der Waals surface area (Å²) in [5, 5.41) is 16.4. The molecule has 1 N–H and O–H groups in total. The maximum Gasteiger partial charge on any atom is 0.358 e. The van der Waals surface area contributed by atoms with Crippen molar-refractivity contribution in [3.05, 3.63) is 58.4 Å². The maximum absolute atomic E-state index is 11.5. The van der Waals surface area contributed by atoms with Gasteiger partial charge in [-0.05, 0) is 53.4 Å². The third-order valence-electron chi connectivity index (χ3n) is 3.67. The second-order valence-corrected chi connectivity index (χ2v) is 5.74. The number of hydrogen-bond donors (Lipinski definition) is 1. The lowest BCUT2D eigenvalue weighted by atomic mass is 10.1. The fourth-order valence-corrected chi connectivity index (χ4v) is 2.64. The second kappa shape index (κ2) is 6.37. The Kier molecular flexibility index (Phi) is 4.27. The van der Waals surface area contributed by atoms with E-state index in [1.165, 1.54) is 7.11 Å². The highest BCUT2D eigenvalue weighted by molar-refractivity contribution is 6.31. The van der Waals surface area contributed by atoms with Gasteiger partial charge in [0.1, 0.15) is 5.75 Å². The number of fused-ring (bicyclic) bond motifs is 1. The number of aromatic nitrogens is 2. The molecular formula is C18H15ClN2O3. The van der Waals surface area contributed by atoms with E-state index in [4.69, 9.17) is 11.6 Å². The molecule has 6 heteroatoms. The number of phenols is 1. The van der Waals surface area contributed by atoms with Crippen LogP contribution < -0.4 is 0 Å². The Balaban J connectivity index is 1.96. The number of phenolic OH excluding ortho intramolecular Hbond substituents is 1. The van der Waals surface area contributed by atoms with Crippen LogP contribution in [0.1, 0.15) is 21.7 Å². The average Bonchev–Trinajstić information content (AvgIpc) is 2.92. The number of ether oxygens (including phenoxy) is 1. The highest BCUT2D eigenvalue weighted by Crippen LogP contribution is 2.29. The minimum absolute atomic E-state index is 0.184. The topological polar surface area (TPSA) is 64.3 Å². The lowest BCUT2D eigenvalue weighted by Crippen LogP contribution is -2.02. The number of halogens is 1.